The maximum atomic E-state index is 11.2. The number of benzene rings is 2. The highest BCUT2D eigenvalue weighted by Gasteiger charge is 2.07. The third kappa shape index (κ3) is 2.82. The molecule has 0 aliphatic rings. The summed E-state index contributed by atoms with van der Waals surface area (Å²) >= 11 is 1.49. The van der Waals surface area contributed by atoms with Crippen molar-refractivity contribution >= 4 is 33.3 Å². The lowest BCUT2D eigenvalue weighted by Gasteiger charge is -2.05. The van der Waals surface area contributed by atoms with Gasteiger partial charge >= 0.3 is 5.76 Å². The van der Waals surface area contributed by atoms with Crippen LogP contribution in [-0.2, 0) is 0 Å². The zero-order chi connectivity index (χ0) is 15.6. The number of hydrogen-bond donors (Lipinski definition) is 3. The first-order valence-corrected chi connectivity index (χ1v) is 7.82. The largest absolute Gasteiger partial charge is 0.417 e. The van der Waals surface area contributed by atoms with Crippen LogP contribution >= 0.6 is 11.3 Å². The molecule has 2 heterocycles. The van der Waals surface area contributed by atoms with Crippen LogP contribution in [0.5, 0.6) is 0 Å². The van der Waals surface area contributed by atoms with Crippen molar-refractivity contribution in [3.05, 3.63) is 64.5 Å². The Balaban J connectivity index is 1.55. The number of oxazole rings is 1. The average Bonchev–Trinajstić information content (AvgIpc) is 3.18. The maximum Gasteiger partial charge on any atom is 0.417 e. The van der Waals surface area contributed by atoms with Crippen LogP contribution in [0.3, 0.4) is 0 Å². The van der Waals surface area contributed by atoms with Gasteiger partial charge in [0.25, 0.3) is 0 Å². The number of aromatic nitrogens is 2. The summed E-state index contributed by atoms with van der Waals surface area (Å²) in [5, 5.41) is 2.69. The van der Waals surface area contributed by atoms with Gasteiger partial charge in [-0.1, -0.05) is 24.3 Å². The fraction of sp³-hybridized carbons (Fsp3) is 0. The molecule has 114 valence electrons. The Morgan fingerprint density at radius 3 is 2.83 bits per heavy atom. The SMILES string of the molecule is O=c1[nH]c2ccc(-c3csc(NNc4ccccc4)n3)cc2o1. The number of hydrogen-bond acceptors (Lipinski definition) is 6. The van der Waals surface area contributed by atoms with Gasteiger partial charge in [-0.05, 0) is 24.3 Å². The molecule has 0 saturated heterocycles. The minimum Gasteiger partial charge on any atom is -0.408 e. The molecule has 4 rings (SSSR count). The van der Waals surface area contributed by atoms with E-state index >= 15 is 0 Å². The van der Waals surface area contributed by atoms with Crippen molar-refractivity contribution in [2.24, 2.45) is 0 Å². The zero-order valence-electron chi connectivity index (χ0n) is 11.9. The normalized spacial score (nSPS) is 10.8. The van der Waals surface area contributed by atoms with Gasteiger partial charge < -0.3 is 4.42 Å². The third-order valence-electron chi connectivity index (χ3n) is 3.31. The Bertz CT molecular complexity index is 1000. The van der Waals surface area contributed by atoms with Crippen molar-refractivity contribution in [1.29, 1.82) is 0 Å². The average molecular weight is 324 g/mol. The molecular formula is C16H12N4O2S. The molecule has 6 nitrogen and oxygen atoms in total. The summed E-state index contributed by atoms with van der Waals surface area (Å²) in [6.07, 6.45) is 0. The van der Waals surface area contributed by atoms with Gasteiger partial charge in [0.15, 0.2) is 5.58 Å². The number of fused-ring (bicyclic) bond motifs is 1. The second kappa shape index (κ2) is 5.62. The lowest BCUT2D eigenvalue weighted by molar-refractivity contribution is 0.555. The quantitative estimate of drug-likeness (QED) is 0.499. The maximum absolute atomic E-state index is 11.2. The van der Waals surface area contributed by atoms with E-state index in [0.29, 0.717) is 11.1 Å². The first kappa shape index (κ1) is 13.6. The van der Waals surface area contributed by atoms with Crippen molar-refractivity contribution in [1.82, 2.24) is 9.97 Å². The number of H-pyrrole nitrogens is 1. The second-order valence-corrected chi connectivity index (χ2v) is 5.74. The predicted octanol–water partition coefficient (Wildman–Crippen LogP) is 3.68. The Morgan fingerprint density at radius 2 is 1.96 bits per heavy atom. The van der Waals surface area contributed by atoms with Crippen LogP contribution in [0.2, 0.25) is 0 Å². The van der Waals surface area contributed by atoms with Crippen LogP contribution in [0.4, 0.5) is 10.8 Å². The molecule has 4 aromatic rings. The number of thiazole rings is 1. The molecule has 3 N–H and O–H groups in total. The molecule has 0 saturated carbocycles. The van der Waals surface area contributed by atoms with Crippen molar-refractivity contribution in [2.45, 2.75) is 0 Å². The van der Waals surface area contributed by atoms with Crippen molar-refractivity contribution < 1.29 is 4.42 Å². The smallest absolute Gasteiger partial charge is 0.408 e. The van der Waals surface area contributed by atoms with Gasteiger partial charge in [-0.15, -0.1) is 11.3 Å². The standard InChI is InChI=1S/C16H12N4O2S/c21-16-18-12-7-6-10(8-14(12)22-16)13-9-23-15(17-13)20-19-11-4-2-1-3-5-11/h1-9,19H,(H,17,20)(H,18,21). The topological polar surface area (TPSA) is 83.0 Å². The molecule has 23 heavy (non-hydrogen) atoms. The Labute approximate surface area is 134 Å². The molecule has 7 heteroatoms. The summed E-state index contributed by atoms with van der Waals surface area (Å²) in [6.45, 7) is 0. The highest BCUT2D eigenvalue weighted by atomic mass is 32.1. The number of para-hydroxylation sites is 1. The van der Waals surface area contributed by atoms with E-state index in [-0.39, 0.29) is 0 Å². The van der Waals surface area contributed by atoms with Gasteiger partial charge in [-0.25, -0.2) is 9.78 Å². The second-order valence-electron chi connectivity index (χ2n) is 4.88. The summed E-state index contributed by atoms with van der Waals surface area (Å²) < 4.78 is 5.08. The molecule has 2 aromatic carbocycles. The van der Waals surface area contributed by atoms with E-state index in [1.807, 2.05) is 47.8 Å². The van der Waals surface area contributed by atoms with E-state index in [9.17, 15) is 4.79 Å². The number of hydrazine groups is 1. The molecule has 0 fully saturated rings. The lowest BCUT2D eigenvalue weighted by atomic mass is 10.1. The van der Waals surface area contributed by atoms with Crippen molar-refractivity contribution in [2.75, 3.05) is 10.9 Å². The first-order valence-electron chi connectivity index (χ1n) is 6.94. The van der Waals surface area contributed by atoms with Crippen LogP contribution in [0.15, 0.2) is 63.1 Å². The van der Waals surface area contributed by atoms with Crippen molar-refractivity contribution in [3.8, 4) is 11.3 Å². The van der Waals surface area contributed by atoms with Gasteiger partial charge in [0.2, 0.25) is 5.13 Å². The Hall–Kier alpha value is -3.06. The van der Waals surface area contributed by atoms with Crippen LogP contribution in [-0.4, -0.2) is 9.97 Å². The molecule has 0 aliphatic heterocycles. The van der Waals surface area contributed by atoms with E-state index < -0.39 is 5.76 Å². The van der Waals surface area contributed by atoms with Crippen LogP contribution in [0.25, 0.3) is 22.4 Å². The fourth-order valence-corrected chi connectivity index (χ4v) is 2.89. The third-order valence-corrected chi connectivity index (χ3v) is 4.07. The van der Waals surface area contributed by atoms with Gasteiger partial charge in [0, 0.05) is 10.9 Å². The van der Waals surface area contributed by atoms with Gasteiger partial charge in [-0.3, -0.25) is 15.8 Å². The summed E-state index contributed by atoms with van der Waals surface area (Å²) in [6, 6.07) is 15.3. The highest BCUT2D eigenvalue weighted by Crippen LogP contribution is 2.27. The van der Waals surface area contributed by atoms with E-state index in [1.165, 1.54) is 11.3 Å². The highest BCUT2D eigenvalue weighted by molar-refractivity contribution is 7.14. The van der Waals surface area contributed by atoms with Gasteiger partial charge in [0.05, 0.1) is 16.9 Å². The summed E-state index contributed by atoms with van der Waals surface area (Å²) in [5.74, 6) is -0.454. The molecule has 0 aliphatic carbocycles. The van der Waals surface area contributed by atoms with Gasteiger partial charge in [-0.2, -0.15) is 0 Å². The minimum atomic E-state index is -0.454. The van der Waals surface area contributed by atoms with Crippen LogP contribution in [0.1, 0.15) is 0 Å². The summed E-state index contributed by atoms with van der Waals surface area (Å²) in [7, 11) is 0. The monoisotopic (exact) mass is 324 g/mol. The fourth-order valence-electron chi connectivity index (χ4n) is 2.22. The number of nitrogens with zero attached hydrogens (tertiary/aromatic N) is 1. The zero-order valence-corrected chi connectivity index (χ0v) is 12.7. The van der Waals surface area contributed by atoms with Gasteiger partial charge in [0.1, 0.15) is 0 Å². The Morgan fingerprint density at radius 1 is 1.09 bits per heavy atom. The van der Waals surface area contributed by atoms with Crippen LogP contribution in [0, 0.1) is 0 Å². The lowest BCUT2D eigenvalue weighted by Crippen LogP contribution is -2.07. The molecule has 0 radical (unpaired) electrons. The summed E-state index contributed by atoms with van der Waals surface area (Å²) in [4.78, 5) is 18.3. The molecule has 2 aromatic heterocycles. The number of anilines is 2. The minimum absolute atomic E-state index is 0.454. The van der Waals surface area contributed by atoms with Crippen LogP contribution < -0.4 is 16.6 Å². The number of aromatic amines is 1. The predicted molar refractivity (Wildman–Crippen MR) is 91.6 cm³/mol. The van der Waals surface area contributed by atoms with E-state index in [2.05, 4.69) is 20.8 Å². The molecular weight excluding hydrogens is 312 g/mol. The summed E-state index contributed by atoms with van der Waals surface area (Å²) in [5.41, 5.74) is 10.0. The van der Waals surface area contributed by atoms with E-state index in [4.69, 9.17) is 4.42 Å². The van der Waals surface area contributed by atoms with E-state index in [1.54, 1.807) is 6.07 Å². The molecule has 0 bridgehead atoms. The molecule has 0 atom stereocenters. The number of rotatable bonds is 4. The molecule has 0 unspecified atom stereocenters. The van der Waals surface area contributed by atoms with Crippen molar-refractivity contribution in [3.63, 3.8) is 0 Å². The molecule has 0 amide bonds. The first-order chi connectivity index (χ1) is 11.3. The molecule has 0 spiro atoms. The van der Waals surface area contributed by atoms with E-state index in [0.717, 1.165) is 22.1 Å². The number of nitrogens with one attached hydrogen (secondary N) is 3. The Kier molecular flexibility index (Phi) is 3.32.